The van der Waals surface area contributed by atoms with Crippen LogP contribution in [-0.2, 0) is 22.7 Å². The Kier molecular flexibility index (Phi) is 4.53. The quantitative estimate of drug-likeness (QED) is 0.652. The second-order valence-electron chi connectivity index (χ2n) is 6.51. The van der Waals surface area contributed by atoms with Crippen LogP contribution in [0.1, 0.15) is 17.0 Å². The Hall–Kier alpha value is -2.57. The maximum Gasteiger partial charge on any atom is 0.247 e. The molecule has 0 spiro atoms. The average molecular weight is 365 g/mol. The van der Waals surface area contributed by atoms with Gasteiger partial charge in [-0.25, -0.2) is 4.98 Å². The van der Waals surface area contributed by atoms with Crippen LogP contribution in [0.25, 0.3) is 10.2 Å². The zero-order valence-electron chi connectivity index (χ0n) is 14.5. The second-order valence-corrected chi connectivity index (χ2v) is 7.63. The Bertz CT molecular complexity index is 921. The van der Waals surface area contributed by atoms with Crippen LogP contribution in [0.15, 0.2) is 54.6 Å². The summed E-state index contributed by atoms with van der Waals surface area (Å²) in [5, 5.41) is 0.954. The number of imide groups is 1. The number of hydrogen-bond donors (Lipinski definition) is 0. The number of nitrogens with zero attached hydrogens (tertiary/aromatic N) is 3. The summed E-state index contributed by atoms with van der Waals surface area (Å²) in [5.74, 6) is -0.234. The summed E-state index contributed by atoms with van der Waals surface area (Å²) in [6.07, 6.45) is 0.229. The van der Waals surface area contributed by atoms with Gasteiger partial charge in [0.25, 0.3) is 0 Å². The molecule has 132 valence electrons. The minimum Gasteiger partial charge on any atom is -0.288 e. The van der Waals surface area contributed by atoms with Crippen LogP contribution in [0.4, 0.5) is 0 Å². The first-order valence-electron chi connectivity index (χ1n) is 8.54. The maximum absolute atomic E-state index is 12.8. The Labute approximate surface area is 155 Å². The van der Waals surface area contributed by atoms with E-state index in [9.17, 15) is 9.59 Å². The van der Waals surface area contributed by atoms with Crippen molar-refractivity contribution in [3.63, 3.8) is 0 Å². The molecule has 5 nitrogen and oxygen atoms in total. The van der Waals surface area contributed by atoms with Gasteiger partial charge in [-0.15, -0.1) is 11.3 Å². The number of likely N-dealkylation sites (N-methyl/N-ethyl adjacent to an activating group) is 1. The number of aromatic nitrogens is 1. The molecule has 2 heterocycles. The molecule has 0 aliphatic carbocycles. The van der Waals surface area contributed by atoms with Gasteiger partial charge in [-0.2, -0.15) is 0 Å². The fourth-order valence-corrected chi connectivity index (χ4v) is 4.28. The van der Waals surface area contributed by atoms with Crippen LogP contribution in [0, 0.1) is 0 Å². The number of carbonyl (C=O) groups is 2. The highest BCUT2D eigenvalue weighted by Gasteiger charge is 2.40. The summed E-state index contributed by atoms with van der Waals surface area (Å²) in [4.78, 5) is 33.1. The predicted octanol–water partition coefficient (Wildman–Crippen LogP) is 3.06. The molecule has 1 aromatic heterocycles. The van der Waals surface area contributed by atoms with Gasteiger partial charge in [0.2, 0.25) is 11.8 Å². The largest absolute Gasteiger partial charge is 0.288 e. The lowest BCUT2D eigenvalue weighted by molar-refractivity contribution is -0.140. The molecule has 0 radical (unpaired) electrons. The second kappa shape index (κ2) is 6.97. The van der Waals surface area contributed by atoms with E-state index in [4.69, 9.17) is 0 Å². The number of hydrogen-bond acceptors (Lipinski definition) is 5. The van der Waals surface area contributed by atoms with Crippen molar-refractivity contribution in [2.24, 2.45) is 0 Å². The molecular weight excluding hydrogens is 346 g/mol. The Morgan fingerprint density at radius 1 is 1.12 bits per heavy atom. The SMILES string of the molecule is CN(Cc1nc2ccccc2s1)[C@@H]1CC(=O)N(Cc2ccccc2)C1=O. The van der Waals surface area contributed by atoms with Crippen molar-refractivity contribution in [3.05, 3.63) is 65.2 Å². The summed E-state index contributed by atoms with van der Waals surface area (Å²) >= 11 is 1.63. The lowest BCUT2D eigenvalue weighted by Gasteiger charge is -2.21. The Morgan fingerprint density at radius 3 is 2.62 bits per heavy atom. The Morgan fingerprint density at radius 2 is 1.85 bits per heavy atom. The summed E-state index contributed by atoms with van der Waals surface area (Å²) in [7, 11) is 1.88. The summed E-state index contributed by atoms with van der Waals surface area (Å²) in [5.41, 5.74) is 1.93. The van der Waals surface area contributed by atoms with Crippen LogP contribution >= 0.6 is 11.3 Å². The number of thiazole rings is 1. The number of likely N-dealkylation sites (tertiary alicyclic amines) is 1. The van der Waals surface area contributed by atoms with E-state index in [0.29, 0.717) is 13.1 Å². The molecule has 1 fully saturated rings. The zero-order valence-corrected chi connectivity index (χ0v) is 15.3. The van der Waals surface area contributed by atoms with E-state index >= 15 is 0 Å². The molecule has 1 aliphatic heterocycles. The summed E-state index contributed by atoms with van der Waals surface area (Å²) < 4.78 is 1.13. The fourth-order valence-electron chi connectivity index (χ4n) is 3.25. The topological polar surface area (TPSA) is 53.5 Å². The molecule has 6 heteroatoms. The van der Waals surface area contributed by atoms with Crippen LogP contribution in [0.5, 0.6) is 0 Å². The van der Waals surface area contributed by atoms with Crippen molar-refractivity contribution in [3.8, 4) is 0 Å². The maximum atomic E-state index is 12.8. The molecule has 2 amide bonds. The highest BCUT2D eigenvalue weighted by Crippen LogP contribution is 2.25. The number of amides is 2. The van der Waals surface area contributed by atoms with Crippen molar-refractivity contribution >= 4 is 33.4 Å². The zero-order chi connectivity index (χ0) is 18.1. The van der Waals surface area contributed by atoms with Crippen LogP contribution in [0.2, 0.25) is 0 Å². The van der Waals surface area contributed by atoms with E-state index < -0.39 is 6.04 Å². The van der Waals surface area contributed by atoms with Crippen LogP contribution in [-0.4, -0.2) is 39.7 Å². The van der Waals surface area contributed by atoms with Gasteiger partial charge in [-0.1, -0.05) is 42.5 Å². The molecule has 0 N–H and O–H groups in total. The summed E-state index contributed by atoms with van der Waals surface area (Å²) in [6.45, 7) is 0.895. The lowest BCUT2D eigenvalue weighted by atomic mass is 10.2. The first-order chi connectivity index (χ1) is 12.6. The minimum atomic E-state index is -0.418. The molecule has 1 atom stereocenters. The normalized spacial score (nSPS) is 17.6. The van der Waals surface area contributed by atoms with Gasteiger partial charge >= 0.3 is 0 Å². The molecule has 1 aliphatic rings. The molecule has 1 saturated heterocycles. The number of rotatable bonds is 5. The first-order valence-corrected chi connectivity index (χ1v) is 9.36. The minimum absolute atomic E-state index is 0.111. The van der Waals surface area contributed by atoms with Crippen molar-refractivity contribution in [2.45, 2.75) is 25.6 Å². The third kappa shape index (κ3) is 3.25. The highest BCUT2D eigenvalue weighted by molar-refractivity contribution is 7.18. The van der Waals surface area contributed by atoms with E-state index in [1.807, 2.05) is 66.5 Å². The van der Waals surface area contributed by atoms with Gasteiger partial charge in [0, 0.05) is 0 Å². The smallest absolute Gasteiger partial charge is 0.247 e. The standard InChI is InChI=1S/C20H19N3O2S/c1-22(13-18-21-15-9-5-6-10-17(15)26-18)16-11-19(24)23(20(16)25)12-14-7-3-2-4-8-14/h2-10,16H,11-13H2,1H3/t16-/m1/s1. The monoisotopic (exact) mass is 365 g/mol. The van der Waals surface area contributed by atoms with Gasteiger partial charge in [-0.05, 0) is 24.7 Å². The number of para-hydroxylation sites is 1. The molecule has 0 unspecified atom stereocenters. The molecule has 4 rings (SSSR count). The fraction of sp³-hybridized carbons (Fsp3) is 0.250. The molecule has 3 aromatic rings. The third-order valence-electron chi connectivity index (χ3n) is 4.66. The van der Waals surface area contributed by atoms with E-state index in [-0.39, 0.29) is 18.2 Å². The van der Waals surface area contributed by atoms with Gasteiger partial charge in [0.1, 0.15) is 5.01 Å². The number of carbonyl (C=O) groups excluding carboxylic acids is 2. The van der Waals surface area contributed by atoms with Crippen molar-refractivity contribution in [1.29, 1.82) is 0 Å². The highest BCUT2D eigenvalue weighted by atomic mass is 32.1. The van der Waals surface area contributed by atoms with E-state index in [1.54, 1.807) is 11.3 Å². The van der Waals surface area contributed by atoms with E-state index in [0.717, 1.165) is 20.8 Å². The van der Waals surface area contributed by atoms with E-state index in [2.05, 4.69) is 4.98 Å². The average Bonchev–Trinajstić information content (AvgIpc) is 3.17. The van der Waals surface area contributed by atoms with Crippen molar-refractivity contribution < 1.29 is 9.59 Å². The number of fused-ring (bicyclic) bond motifs is 1. The van der Waals surface area contributed by atoms with Gasteiger partial charge in [0.05, 0.1) is 35.8 Å². The third-order valence-corrected chi connectivity index (χ3v) is 5.68. The molecule has 26 heavy (non-hydrogen) atoms. The van der Waals surface area contributed by atoms with Crippen LogP contribution < -0.4 is 0 Å². The van der Waals surface area contributed by atoms with Gasteiger partial charge in [0.15, 0.2) is 0 Å². The van der Waals surface area contributed by atoms with Crippen molar-refractivity contribution in [1.82, 2.24) is 14.8 Å². The lowest BCUT2D eigenvalue weighted by Crippen LogP contribution is -2.39. The van der Waals surface area contributed by atoms with Crippen molar-refractivity contribution in [2.75, 3.05) is 7.05 Å². The molecule has 0 saturated carbocycles. The van der Waals surface area contributed by atoms with E-state index in [1.165, 1.54) is 4.90 Å². The first kappa shape index (κ1) is 16.9. The molecule has 2 aromatic carbocycles. The molecular formula is C20H19N3O2S. The predicted molar refractivity (Wildman–Crippen MR) is 101 cm³/mol. The Balaban J connectivity index is 1.47. The van der Waals surface area contributed by atoms with Gasteiger partial charge in [-0.3, -0.25) is 19.4 Å². The molecule has 0 bridgehead atoms. The van der Waals surface area contributed by atoms with Gasteiger partial charge < -0.3 is 0 Å². The summed E-state index contributed by atoms with van der Waals surface area (Å²) in [6, 6.07) is 17.2. The number of benzene rings is 2. The van der Waals surface area contributed by atoms with Crippen LogP contribution in [0.3, 0.4) is 0 Å².